The highest BCUT2D eigenvalue weighted by Crippen LogP contribution is 2.22. The first-order valence-electron chi connectivity index (χ1n) is 6.72. The van der Waals surface area contributed by atoms with E-state index in [4.69, 9.17) is 0 Å². The molecule has 21 heavy (non-hydrogen) atoms. The fraction of sp³-hybridized carbons (Fsp3) is 0.235. The molecule has 0 radical (unpaired) electrons. The van der Waals surface area contributed by atoms with E-state index in [0.29, 0.717) is 5.56 Å². The lowest BCUT2D eigenvalue weighted by molar-refractivity contribution is 0.0526. The summed E-state index contributed by atoms with van der Waals surface area (Å²) in [5, 5.41) is 13.3. The van der Waals surface area contributed by atoms with Crippen molar-refractivity contribution >= 4 is 21.8 Å². The van der Waals surface area contributed by atoms with Gasteiger partial charge in [-0.3, -0.25) is 4.79 Å². The Labute approximate surface area is 133 Å². The number of halogens is 1. The zero-order chi connectivity index (χ0) is 15.5. The van der Waals surface area contributed by atoms with Crippen molar-refractivity contribution in [1.29, 1.82) is 0 Å². The van der Waals surface area contributed by atoms with Crippen LogP contribution in [0, 0.1) is 6.92 Å². The summed E-state index contributed by atoms with van der Waals surface area (Å²) in [6, 6.07) is 14.7. The molecule has 2 rings (SSSR count). The lowest BCUT2D eigenvalue weighted by atomic mass is 9.96. The van der Waals surface area contributed by atoms with E-state index >= 15 is 0 Å². The second kappa shape index (κ2) is 6.41. The number of benzene rings is 2. The fourth-order valence-corrected chi connectivity index (χ4v) is 2.23. The summed E-state index contributed by atoms with van der Waals surface area (Å²) in [5.41, 5.74) is 1.34. The van der Waals surface area contributed by atoms with Crippen molar-refractivity contribution in [3.05, 3.63) is 69.7 Å². The molecule has 0 bridgehead atoms. The summed E-state index contributed by atoms with van der Waals surface area (Å²) < 4.78 is 0.950. The number of hydrogen-bond acceptors (Lipinski definition) is 2. The van der Waals surface area contributed by atoms with Gasteiger partial charge >= 0.3 is 0 Å². The topological polar surface area (TPSA) is 49.3 Å². The molecule has 0 fully saturated rings. The molecule has 0 spiro atoms. The summed E-state index contributed by atoms with van der Waals surface area (Å²) in [6.45, 7) is 3.81. The molecule has 4 heteroatoms. The number of nitrogens with one attached hydrogen (secondary N) is 1. The first kappa shape index (κ1) is 15.7. The van der Waals surface area contributed by atoms with Crippen LogP contribution < -0.4 is 5.32 Å². The van der Waals surface area contributed by atoms with Crippen LogP contribution in [0.4, 0.5) is 0 Å². The first-order valence-corrected chi connectivity index (χ1v) is 7.51. The number of aliphatic hydroxyl groups is 1. The Balaban J connectivity index is 2.02. The molecular weight excluding hydrogens is 330 g/mol. The van der Waals surface area contributed by atoms with Gasteiger partial charge in [0.05, 0.1) is 6.54 Å². The Hall–Kier alpha value is -1.65. The second-order valence-electron chi connectivity index (χ2n) is 5.33. The van der Waals surface area contributed by atoms with Gasteiger partial charge in [0.2, 0.25) is 0 Å². The number of aryl methyl sites for hydroxylation is 1. The molecule has 0 heterocycles. The molecule has 1 atom stereocenters. The summed E-state index contributed by atoms with van der Waals surface area (Å²) in [4.78, 5) is 12.1. The molecule has 1 unspecified atom stereocenters. The van der Waals surface area contributed by atoms with E-state index in [1.54, 1.807) is 19.1 Å². The van der Waals surface area contributed by atoms with Crippen molar-refractivity contribution in [3.63, 3.8) is 0 Å². The number of rotatable bonds is 4. The largest absolute Gasteiger partial charge is 0.384 e. The van der Waals surface area contributed by atoms with Gasteiger partial charge < -0.3 is 10.4 Å². The van der Waals surface area contributed by atoms with Crippen LogP contribution in [0.5, 0.6) is 0 Å². The third-order valence-corrected chi connectivity index (χ3v) is 3.90. The van der Waals surface area contributed by atoms with Crippen LogP contribution >= 0.6 is 15.9 Å². The lowest BCUT2D eigenvalue weighted by Crippen LogP contribution is -2.38. The number of carbonyl (C=O) groups is 1. The molecule has 2 aromatic rings. The molecule has 0 aliphatic rings. The SMILES string of the molecule is Cc1ccc(C(=O)NCC(C)(O)c2ccc(Br)cc2)cc1. The molecule has 0 saturated heterocycles. The lowest BCUT2D eigenvalue weighted by Gasteiger charge is -2.24. The minimum atomic E-state index is -1.11. The maximum absolute atomic E-state index is 12.1. The smallest absolute Gasteiger partial charge is 0.251 e. The molecule has 110 valence electrons. The fourth-order valence-electron chi connectivity index (χ4n) is 1.97. The van der Waals surface area contributed by atoms with Gasteiger partial charge in [0.15, 0.2) is 0 Å². The molecule has 0 aliphatic heterocycles. The van der Waals surface area contributed by atoms with Crippen molar-refractivity contribution in [2.45, 2.75) is 19.4 Å². The Morgan fingerprint density at radius 2 is 1.71 bits per heavy atom. The third-order valence-electron chi connectivity index (χ3n) is 3.37. The normalized spacial score (nSPS) is 13.5. The zero-order valence-electron chi connectivity index (χ0n) is 12.1. The molecule has 0 aliphatic carbocycles. The second-order valence-corrected chi connectivity index (χ2v) is 6.25. The highest BCUT2D eigenvalue weighted by Gasteiger charge is 2.23. The molecule has 2 N–H and O–H groups in total. The molecule has 2 aromatic carbocycles. The predicted molar refractivity (Wildman–Crippen MR) is 87.2 cm³/mol. The summed E-state index contributed by atoms with van der Waals surface area (Å²) >= 11 is 3.36. The maximum Gasteiger partial charge on any atom is 0.251 e. The van der Waals surface area contributed by atoms with Crippen LogP contribution in [0.3, 0.4) is 0 Å². The minimum absolute atomic E-state index is 0.154. The van der Waals surface area contributed by atoms with Crippen LogP contribution in [-0.4, -0.2) is 17.6 Å². The van der Waals surface area contributed by atoms with E-state index in [1.807, 2.05) is 43.3 Å². The number of carbonyl (C=O) groups excluding carboxylic acids is 1. The van der Waals surface area contributed by atoms with E-state index in [2.05, 4.69) is 21.2 Å². The van der Waals surface area contributed by atoms with Gasteiger partial charge in [-0.1, -0.05) is 45.8 Å². The van der Waals surface area contributed by atoms with E-state index in [9.17, 15) is 9.90 Å². The van der Waals surface area contributed by atoms with Crippen molar-refractivity contribution in [2.24, 2.45) is 0 Å². The van der Waals surface area contributed by atoms with Gasteiger partial charge in [-0.15, -0.1) is 0 Å². The summed E-state index contributed by atoms with van der Waals surface area (Å²) in [7, 11) is 0. The van der Waals surface area contributed by atoms with Gasteiger partial charge in [0.1, 0.15) is 5.60 Å². The Morgan fingerprint density at radius 1 is 1.14 bits per heavy atom. The molecule has 1 amide bonds. The van der Waals surface area contributed by atoms with Crippen LogP contribution in [0.1, 0.15) is 28.4 Å². The van der Waals surface area contributed by atoms with Crippen LogP contribution in [0.2, 0.25) is 0 Å². The third kappa shape index (κ3) is 4.16. The highest BCUT2D eigenvalue weighted by molar-refractivity contribution is 9.10. The number of amides is 1. The van der Waals surface area contributed by atoms with Gasteiger partial charge in [-0.05, 0) is 43.7 Å². The zero-order valence-corrected chi connectivity index (χ0v) is 13.6. The van der Waals surface area contributed by atoms with Crippen molar-refractivity contribution in [2.75, 3.05) is 6.54 Å². The van der Waals surface area contributed by atoms with Crippen LogP contribution in [0.25, 0.3) is 0 Å². The van der Waals surface area contributed by atoms with Crippen molar-refractivity contribution < 1.29 is 9.90 Å². The van der Waals surface area contributed by atoms with Gasteiger partial charge in [-0.25, -0.2) is 0 Å². The molecular formula is C17H18BrNO2. The van der Waals surface area contributed by atoms with Gasteiger partial charge in [-0.2, -0.15) is 0 Å². The Kier molecular flexibility index (Phi) is 4.80. The van der Waals surface area contributed by atoms with E-state index in [-0.39, 0.29) is 12.5 Å². The standard InChI is InChI=1S/C17H18BrNO2/c1-12-3-5-13(6-4-12)16(20)19-11-17(2,21)14-7-9-15(18)10-8-14/h3-10,21H,11H2,1-2H3,(H,19,20). The van der Waals surface area contributed by atoms with Crippen molar-refractivity contribution in [1.82, 2.24) is 5.32 Å². The monoisotopic (exact) mass is 347 g/mol. The van der Waals surface area contributed by atoms with Gasteiger partial charge in [0.25, 0.3) is 5.91 Å². The first-order chi connectivity index (χ1) is 9.88. The molecule has 0 saturated carbocycles. The maximum atomic E-state index is 12.1. The average Bonchev–Trinajstić information content (AvgIpc) is 2.46. The Bertz CT molecular complexity index is 618. The van der Waals surface area contributed by atoms with Crippen molar-refractivity contribution in [3.8, 4) is 0 Å². The van der Waals surface area contributed by atoms with E-state index in [0.717, 1.165) is 15.6 Å². The molecule has 0 aromatic heterocycles. The van der Waals surface area contributed by atoms with E-state index < -0.39 is 5.60 Å². The highest BCUT2D eigenvalue weighted by atomic mass is 79.9. The Morgan fingerprint density at radius 3 is 2.29 bits per heavy atom. The quantitative estimate of drug-likeness (QED) is 0.890. The van der Waals surface area contributed by atoms with Gasteiger partial charge in [0, 0.05) is 10.0 Å². The predicted octanol–water partition coefficient (Wildman–Crippen LogP) is 3.40. The average molecular weight is 348 g/mol. The summed E-state index contributed by atoms with van der Waals surface area (Å²) in [5.74, 6) is -0.188. The minimum Gasteiger partial charge on any atom is -0.384 e. The number of hydrogen-bond donors (Lipinski definition) is 2. The van der Waals surface area contributed by atoms with Crippen LogP contribution in [-0.2, 0) is 5.60 Å². The molecule has 3 nitrogen and oxygen atoms in total. The van der Waals surface area contributed by atoms with Crippen LogP contribution in [0.15, 0.2) is 53.0 Å². The summed E-state index contributed by atoms with van der Waals surface area (Å²) in [6.07, 6.45) is 0. The van der Waals surface area contributed by atoms with E-state index in [1.165, 1.54) is 0 Å².